The van der Waals surface area contributed by atoms with Crippen LogP contribution in [0.25, 0.3) is 5.69 Å². The molecule has 2 aromatic rings. The van der Waals surface area contributed by atoms with Crippen LogP contribution in [-0.4, -0.2) is 21.5 Å². The van der Waals surface area contributed by atoms with Gasteiger partial charge in [0, 0.05) is 0 Å². The van der Waals surface area contributed by atoms with E-state index in [2.05, 4.69) is 15.6 Å². The number of nitrogens with zero attached hydrogens (tertiary/aromatic N) is 3. The molecule has 0 spiro atoms. The molecule has 1 unspecified atom stereocenters. The van der Waals surface area contributed by atoms with E-state index in [9.17, 15) is 13.2 Å². The zero-order valence-electron chi connectivity index (χ0n) is 11.4. The third-order valence-corrected chi connectivity index (χ3v) is 3.09. The van der Waals surface area contributed by atoms with Gasteiger partial charge in [0.1, 0.15) is 11.4 Å². The predicted octanol–water partition coefficient (Wildman–Crippen LogP) is 2.66. The Morgan fingerprint density at radius 1 is 1.25 bits per heavy atom. The molecule has 1 atom stereocenters. The Kier molecular flexibility index (Phi) is 4.08. The maximum absolute atomic E-state index is 13.8. The average Bonchev–Trinajstić information content (AvgIpc) is 2.79. The van der Waals surface area contributed by atoms with Crippen molar-refractivity contribution in [2.45, 2.75) is 26.8 Å². The van der Waals surface area contributed by atoms with Gasteiger partial charge in [0.15, 0.2) is 17.5 Å². The van der Waals surface area contributed by atoms with E-state index in [1.165, 1.54) is 4.68 Å². The quantitative estimate of drug-likeness (QED) is 0.878. The first-order valence-corrected chi connectivity index (χ1v) is 6.26. The lowest BCUT2D eigenvalue weighted by molar-refractivity contribution is 0.442. The molecule has 0 radical (unpaired) electrons. The molecule has 1 heterocycles. The van der Waals surface area contributed by atoms with Gasteiger partial charge in [0.05, 0.1) is 11.7 Å². The van der Waals surface area contributed by atoms with E-state index in [0.29, 0.717) is 11.4 Å². The van der Waals surface area contributed by atoms with E-state index in [1.807, 2.05) is 13.8 Å². The zero-order valence-corrected chi connectivity index (χ0v) is 11.4. The number of nitrogens with one attached hydrogen (secondary N) is 1. The number of halogens is 3. The van der Waals surface area contributed by atoms with Crippen molar-refractivity contribution >= 4 is 0 Å². The molecule has 0 bridgehead atoms. The molecule has 1 aromatic carbocycles. The molecule has 4 nitrogen and oxygen atoms in total. The predicted molar refractivity (Wildman–Crippen MR) is 68.1 cm³/mol. The van der Waals surface area contributed by atoms with Crippen LogP contribution in [0.15, 0.2) is 12.1 Å². The normalized spacial score (nSPS) is 12.7. The van der Waals surface area contributed by atoms with Crippen molar-refractivity contribution in [1.29, 1.82) is 0 Å². The highest BCUT2D eigenvalue weighted by Crippen LogP contribution is 2.22. The maximum Gasteiger partial charge on any atom is 0.196 e. The lowest BCUT2D eigenvalue weighted by Crippen LogP contribution is -2.19. The zero-order chi connectivity index (χ0) is 14.9. The molecule has 0 aliphatic heterocycles. The van der Waals surface area contributed by atoms with Gasteiger partial charge >= 0.3 is 0 Å². The average molecular weight is 284 g/mol. The molecule has 7 heteroatoms. The fraction of sp³-hybridized carbons (Fsp3) is 0.385. The van der Waals surface area contributed by atoms with Crippen LogP contribution < -0.4 is 5.32 Å². The summed E-state index contributed by atoms with van der Waals surface area (Å²) in [6.07, 6.45) is 0. The Morgan fingerprint density at radius 2 is 1.95 bits per heavy atom. The standard InChI is InChI=1S/C13H15F3N4/c1-4-17-7(2)13-8(3)20(19-18-13)10-6-5-9(14)11(15)12(10)16/h5-7,17H,4H2,1-3H3. The van der Waals surface area contributed by atoms with Crippen molar-refractivity contribution in [3.05, 3.63) is 41.0 Å². The number of rotatable bonds is 4. The summed E-state index contributed by atoms with van der Waals surface area (Å²) >= 11 is 0. The second kappa shape index (κ2) is 5.62. The van der Waals surface area contributed by atoms with Crippen LogP contribution in [-0.2, 0) is 0 Å². The summed E-state index contributed by atoms with van der Waals surface area (Å²) in [6, 6.07) is 1.93. The van der Waals surface area contributed by atoms with Gasteiger partial charge in [-0.15, -0.1) is 5.10 Å². The lowest BCUT2D eigenvalue weighted by Gasteiger charge is -2.11. The van der Waals surface area contributed by atoms with Crippen molar-refractivity contribution in [2.75, 3.05) is 6.54 Å². The number of aromatic nitrogens is 3. The van der Waals surface area contributed by atoms with Crippen LogP contribution in [0.5, 0.6) is 0 Å². The van der Waals surface area contributed by atoms with Crippen molar-refractivity contribution in [3.63, 3.8) is 0 Å². The molecule has 0 fully saturated rings. The summed E-state index contributed by atoms with van der Waals surface area (Å²) in [4.78, 5) is 0. The van der Waals surface area contributed by atoms with Crippen molar-refractivity contribution < 1.29 is 13.2 Å². The maximum atomic E-state index is 13.8. The molecule has 0 saturated heterocycles. The number of hydrogen-bond acceptors (Lipinski definition) is 3. The van der Waals surface area contributed by atoms with Crippen LogP contribution in [0.1, 0.15) is 31.3 Å². The summed E-state index contributed by atoms with van der Waals surface area (Å²) in [6.45, 7) is 6.29. The molecule has 0 saturated carbocycles. The van der Waals surface area contributed by atoms with Gasteiger partial charge in [-0.1, -0.05) is 12.1 Å². The first-order valence-electron chi connectivity index (χ1n) is 6.26. The highest BCUT2D eigenvalue weighted by Gasteiger charge is 2.20. The van der Waals surface area contributed by atoms with E-state index < -0.39 is 17.5 Å². The third kappa shape index (κ3) is 2.40. The Balaban J connectivity index is 2.47. The van der Waals surface area contributed by atoms with Gasteiger partial charge in [-0.25, -0.2) is 17.9 Å². The van der Waals surface area contributed by atoms with E-state index in [1.54, 1.807) is 6.92 Å². The number of hydrogen-bond donors (Lipinski definition) is 1. The second-order valence-corrected chi connectivity index (χ2v) is 4.45. The van der Waals surface area contributed by atoms with Crippen molar-refractivity contribution in [3.8, 4) is 5.69 Å². The Bertz CT molecular complexity index is 624. The third-order valence-electron chi connectivity index (χ3n) is 3.09. The second-order valence-electron chi connectivity index (χ2n) is 4.45. The largest absolute Gasteiger partial charge is 0.309 e. The van der Waals surface area contributed by atoms with Crippen molar-refractivity contribution in [1.82, 2.24) is 20.3 Å². The minimum Gasteiger partial charge on any atom is -0.309 e. The summed E-state index contributed by atoms with van der Waals surface area (Å²) < 4.78 is 41.1. The van der Waals surface area contributed by atoms with E-state index in [4.69, 9.17) is 0 Å². The minimum atomic E-state index is -1.52. The Morgan fingerprint density at radius 3 is 2.60 bits per heavy atom. The van der Waals surface area contributed by atoms with E-state index in [0.717, 1.165) is 18.7 Å². The van der Waals surface area contributed by atoms with Gasteiger partial charge in [0.25, 0.3) is 0 Å². The molecule has 0 aliphatic rings. The summed E-state index contributed by atoms with van der Waals surface area (Å²) in [7, 11) is 0. The summed E-state index contributed by atoms with van der Waals surface area (Å²) in [5, 5.41) is 10.9. The van der Waals surface area contributed by atoms with Crippen LogP contribution in [0.4, 0.5) is 13.2 Å². The SMILES string of the molecule is CCNC(C)c1nnn(-c2ccc(F)c(F)c2F)c1C. The summed E-state index contributed by atoms with van der Waals surface area (Å²) in [5.74, 6) is -4.02. The van der Waals surface area contributed by atoms with Crippen LogP contribution in [0.2, 0.25) is 0 Å². The van der Waals surface area contributed by atoms with E-state index in [-0.39, 0.29) is 11.7 Å². The molecule has 2 rings (SSSR count). The van der Waals surface area contributed by atoms with Crippen molar-refractivity contribution in [2.24, 2.45) is 0 Å². The summed E-state index contributed by atoms with van der Waals surface area (Å²) in [5.41, 5.74) is 1.04. The van der Waals surface area contributed by atoms with Gasteiger partial charge in [-0.05, 0) is 32.5 Å². The van der Waals surface area contributed by atoms with Gasteiger partial charge < -0.3 is 5.32 Å². The van der Waals surface area contributed by atoms with Crippen LogP contribution >= 0.6 is 0 Å². The van der Waals surface area contributed by atoms with Crippen LogP contribution in [0.3, 0.4) is 0 Å². The Hall–Kier alpha value is -1.89. The highest BCUT2D eigenvalue weighted by atomic mass is 19.2. The van der Waals surface area contributed by atoms with Crippen LogP contribution in [0, 0.1) is 24.4 Å². The molecule has 0 amide bonds. The number of benzene rings is 1. The molecular formula is C13H15F3N4. The molecule has 1 aromatic heterocycles. The minimum absolute atomic E-state index is 0.0675. The lowest BCUT2D eigenvalue weighted by atomic mass is 10.2. The molecule has 1 N–H and O–H groups in total. The molecule has 108 valence electrons. The molecule has 0 aliphatic carbocycles. The fourth-order valence-corrected chi connectivity index (χ4v) is 2.05. The van der Waals surface area contributed by atoms with Gasteiger partial charge in [-0.2, -0.15) is 0 Å². The Labute approximate surface area is 114 Å². The first-order chi connectivity index (χ1) is 9.47. The fourth-order valence-electron chi connectivity index (χ4n) is 2.05. The molecule has 20 heavy (non-hydrogen) atoms. The smallest absolute Gasteiger partial charge is 0.196 e. The van der Waals surface area contributed by atoms with E-state index >= 15 is 0 Å². The van der Waals surface area contributed by atoms with Gasteiger partial charge in [0.2, 0.25) is 0 Å². The van der Waals surface area contributed by atoms with Gasteiger partial charge in [-0.3, -0.25) is 0 Å². The topological polar surface area (TPSA) is 42.7 Å². The monoisotopic (exact) mass is 284 g/mol. The molecular weight excluding hydrogens is 269 g/mol. The first kappa shape index (κ1) is 14.5. The highest BCUT2D eigenvalue weighted by molar-refractivity contribution is 5.36.